The molecule has 1 fully saturated rings. The van der Waals surface area contributed by atoms with Crippen LogP contribution in [0.2, 0.25) is 0 Å². The molecule has 1 aliphatic heterocycles. The number of carbonyl (C=O) groups is 2. The SMILES string of the molecule is CC1CC(C(=O)NCc2cc(-c3ccc(C(F)(F)F)cc3)ncc2C#N)N(C(=O)OC(C)(C)C)C1. The summed E-state index contributed by atoms with van der Waals surface area (Å²) < 4.78 is 44.0. The molecule has 10 heteroatoms. The molecule has 186 valence electrons. The van der Waals surface area contributed by atoms with Crippen molar-refractivity contribution in [3.8, 4) is 17.3 Å². The van der Waals surface area contributed by atoms with Crippen LogP contribution >= 0.6 is 0 Å². The van der Waals surface area contributed by atoms with Crippen molar-refractivity contribution in [2.75, 3.05) is 6.54 Å². The van der Waals surface area contributed by atoms with Crippen LogP contribution in [0.25, 0.3) is 11.3 Å². The Morgan fingerprint density at radius 1 is 1.23 bits per heavy atom. The van der Waals surface area contributed by atoms with Gasteiger partial charge in [0.1, 0.15) is 17.7 Å². The summed E-state index contributed by atoms with van der Waals surface area (Å²) in [7, 11) is 0. The third-order valence-corrected chi connectivity index (χ3v) is 5.51. The molecule has 2 heterocycles. The molecule has 2 atom stereocenters. The number of alkyl halides is 3. The number of pyridine rings is 1. The van der Waals surface area contributed by atoms with E-state index in [2.05, 4.69) is 10.3 Å². The Hall–Kier alpha value is -3.61. The Balaban J connectivity index is 1.75. The molecule has 0 bridgehead atoms. The number of hydrogen-bond acceptors (Lipinski definition) is 5. The van der Waals surface area contributed by atoms with Gasteiger partial charge < -0.3 is 10.1 Å². The second-order valence-electron chi connectivity index (χ2n) is 9.62. The molecule has 0 aliphatic carbocycles. The minimum atomic E-state index is -4.45. The summed E-state index contributed by atoms with van der Waals surface area (Å²) in [5.74, 6) is -0.267. The number of hydrogen-bond donors (Lipinski definition) is 1. The van der Waals surface area contributed by atoms with Crippen LogP contribution in [0.1, 0.15) is 50.8 Å². The maximum Gasteiger partial charge on any atom is 0.416 e. The van der Waals surface area contributed by atoms with Gasteiger partial charge in [0.05, 0.1) is 16.8 Å². The maximum atomic E-state index is 13.0. The standard InChI is InChI=1S/C25H27F3N4O3/c1-15-9-21(32(14-15)23(34)35-24(2,3)4)22(33)31-12-17-10-20(30-13-18(17)11-29)16-5-7-19(8-6-16)25(26,27)28/h5-8,10,13,15,21H,9,12,14H2,1-4H3,(H,31,33). The first-order valence-corrected chi connectivity index (χ1v) is 11.1. The zero-order chi connectivity index (χ0) is 26.0. The van der Waals surface area contributed by atoms with E-state index >= 15 is 0 Å². The Bertz CT molecular complexity index is 1130. The molecule has 0 spiro atoms. The average molecular weight is 489 g/mol. The number of carbonyl (C=O) groups excluding carboxylic acids is 2. The van der Waals surface area contributed by atoms with Crippen molar-refractivity contribution < 1.29 is 27.5 Å². The summed E-state index contributed by atoms with van der Waals surface area (Å²) >= 11 is 0. The summed E-state index contributed by atoms with van der Waals surface area (Å²) in [5.41, 5.74) is 0.0212. The van der Waals surface area contributed by atoms with Crippen molar-refractivity contribution in [3.63, 3.8) is 0 Å². The minimum Gasteiger partial charge on any atom is -0.444 e. The third-order valence-electron chi connectivity index (χ3n) is 5.51. The number of benzene rings is 1. The van der Waals surface area contributed by atoms with Crippen molar-refractivity contribution in [2.45, 2.75) is 58.5 Å². The number of nitriles is 1. The fraction of sp³-hybridized carbons (Fsp3) is 0.440. The first-order chi connectivity index (χ1) is 16.3. The topological polar surface area (TPSA) is 95.3 Å². The second kappa shape index (κ2) is 9.94. The summed E-state index contributed by atoms with van der Waals surface area (Å²) in [4.78, 5) is 31.1. The van der Waals surface area contributed by atoms with Gasteiger partial charge >= 0.3 is 12.3 Å². The van der Waals surface area contributed by atoms with Crippen LogP contribution in [0.3, 0.4) is 0 Å². The van der Waals surface area contributed by atoms with E-state index in [4.69, 9.17) is 4.74 Å². The average Bonchev–Trinajstić information content (AvgIpc) is 3.17. The van der Waals surface area contributed by atoms with E-state index in [-0.39, 0.29) is 23.9 Å². The molecule has 1 aromatic carbocycles. The van der Waals surface area contributed by atoms with Crippen LogP contribution in [0.5, 0.6) is 0 Å². The Morgan fingerprint density at radius 3 is 2.46 bits per heavy atom. The number of nitrogens with zero attached hydrogens (tertiary/aromatic N) is 3. The van der Waals surface area contributed by atoms with Gasteiger partial charge in [0.15, 0.2) is 0 Å². The lowest BCUT2D eigenvalue weighted by molar-refractivity contribution is -0.137. The van der Waals surface area contributed by atoms with E-state index in [0.717, 1.165) is 12.1 Å². The van der Waals surface area contributed by atoms with Crippen molar-refractivity contribution >= 4 is 12.0 Å². The molecule has 1 aromatic heterocycles. The molecular formula is C25H27F3N4O3. The van der Waals surface area contributed by atoms with Crippen molar-refractivity contribution in [3.05, 3.63) is 53.2 Å². The van der Waals surface area contributed by atoms with Gasteiger partial charge in [0.2, 0.25) is 5.91 Å². The van der Waals surface area contributed by atoms with Gasteiger partial charge in [-0.2, -0.15) is 18.4 Å². The van der Waals surface area contributed by atoms with Gasteiger partial charge in [-0.05, 0) is 56.9 Å². The number of ether oxygens (including phenoxy) is 1. The summed E-state index contributed by atoms with van der Waals surface area (Å²) in [6.07, 6.45) is -3.22. The molecule has 2 aromatic rings. The van der Waals surface area contributed by atoms with E-state index in [1.54, 1.807) is 26.8 Å². The monoisotopic (exact) mass is 488 g/mol. The fourth-order valence-corrected chi connectivity index (χ4v) is 3.85. The highest BCUT2D eigenvalue weighted by atomic mass is 19.4. The normalized spacial score (nSPS) is 18.2. The Kier molecular flexibility index (Phi) is 7.38. The van der Waals surface area contributed by atoms with Gasteiger partial charge in [-0.1, -0.05) is 19.1 Å². The molecule has 7 nitrogen and oxygen atoms in total. The molecule has 0 radical (unpaired) electrons. The van der Waals surface area contributed by atoms with Gasteiger partial charge in [-0.3, -0.25) is 14.7 Å². The quantitative estimate of drug-likeness (QED) is 0.661. The molecule has 2 unspecified atom stereocenters. The van der Waals surface area contributed by atoms with E-state index < -0.39 is 29.5 Å². The highest BCUT2D eigenvalue weighted by Gasteiger charge is 2.39. The predicted octanol–water partition coefficient (Wildman–Crippen LogP) is 4.90. The molecular weight excluding hydrogens is 461 g/mol. The zero-order valence-electron chi connectivity index (χ0n) is 19.9. The van der Waals surface area contributed by atoms with Crippen LogP contribution < -0.4 is 5.32 Å². The molecule has 0 saturated carbocycles. The summed E-state index contributed by atoms with van der Waals surface area (Å²) in [5, 5.41) is 12.2. The van der Waals surface area contributed by atoms with Crippen LogP contribution in [0, 0.1) is 17.2 Å². The third kappa shape index (κ3) is 6.50. The van der Waals surface area contributed by atoms with E-state index in [1.807, 2.05) is 13.0 Å². The maximum absolute atomic E-state index is 13.0. The van der Waals surface area contributed by atoms with E-state index in [1.165, 1.54) is 23.2 Å². The molecule has 3 rings (SSSR count). The first-order valence-electron chi connectivity index (χ1n) is 11.1. The lowest BCUT2D eigenvalue weighted by Crippen LogP contribution is -2.47. The molecule has 1 aliphatic rings. The number of halogens is 3. The smallest absolute Gasteiger partial charge is 0.416 e. The van der Waals surface area contributed by atoms with Gasteiger partial charge in [-0.25, -0.2) is 4.79 Å². The highest BCUT2D eigenvalue weighted by molar-refractivity contribution is 5.86. The predicted molar refractivity (Wildman–Crippen MR) is 122 cm³/mol. The zero-order valence-corrected chi connectivity index (χ0v) is 19.9. The first kappa shape index (κ1) is 26.0. The number of rotatable bonds is 4. The van der Waals surface area contributed by atoms with Crippen LogP contribution in [-0.4, -0.2) is 40.1 Å². The largest absolute Gasteiger partial charge is 0.444 e. The van der Waals surface area contributed by atoms with Crippen molar-refractivity contribution in [1.29, 1.82) is 5.26 Å². The molecule has 1 saturated heterocycles. The van der Waals surface area contributed by atoms with Crippen molar-refractivity contribution in [1.82, 2.24) is 15.2 Å². The number of amides is 2. The van der Waals surface area contributed by atoms with Crippen LogP contribution in [0.15, 0.2) is 36.5 Å². The second-order valence-corrected chi connectivity index (χ2v) is 9.62. The van der Waals surface area contributed by atoms with Crippen molar-refractivity contribution in [2.24, 2.45) is 5.92 Å². The van der Waals surface area contributed by atoms with Gasteiger partial charge in [-0.15, -0.1) is 0 Å². The number of likely N-dealkylation sites (tertiary alicyclic amines) is 1. The number of aromatic nitrogens is 1. The lowest BCUT2D eigenvalue weighted by Gasteiger charge is -2.28. The van der Waals surface area contributed by atoms with Crippen LogP contribution in [-0.2, 0) is 22.3 Å². The van der Waals surface area contributed by atoms with Crippen LogP contribution in [0.4, 0.5) is 18.0 Å². The van der Waals surface area contributed by atoms with E-state index in [0.29, 0.717) is 29.8 Å². The summed E-state index contributed by atoms with van der Waals surface area (Å²) in [6.45, 7) is 7.58. The molecule has 1 N–H and O–H groups in total. The lowest BCUT2D eigenvalue weighted by atomic mass is 10.0. The fourth-order valence-electron chi connectivity index (χ4n) is 3.85. The number of nitrogens with one attached hydrogen (secondary N) is 1. The molecule has 2 amide bonds. The van der Waals surface area contributed by atoms with Gasteiger partial charge in [0.25, 0.3) is 0 Å². The minimum absolute atomic E-state index is 0.00901. The molecule has 35 heavy (non-hydrogen) atoms. The highest BCUT2D eigenvalue weighted by Crippen LogP contribution is 2.31. The van der Waals surface area contributed by atoms with E-state index in [9.17, 15) is 28.0 Å². The summed E-state index contributed by atoms with van der Waals surface area (Å²) in [6, 6.07) is 7.39. The Morgan fingerprint density at radius 2 is 1.89 bits per heavy atom. The Labute approximate surface area is 201 Å². The van der Waals surface area contributed by atoms with Gasteiger partial charge in [0, 0.05) is 24.8 Å².